The number of aryl methyl sites for hydroxylation is 1. The number of amidine groups is 1. The predicted octanol–water partition coefficient (Wildman–Crippen LogP) is 1.96. The second kappa shape index (κ2) is 18.7. The Morgan fingerprint density at radius 3 is 2.30 bits per heavy atom. The second-order valence-corrected chi connectivity index (χ2v) is 10.4. The monoisotopic (exact) mass is 634 g/mol. The molecule has 0 saturated heterocycles. The Morgan fingerprint density at radius 2 is 1.70 bits per heavy atom. The van der Waals surface area contributed by atoms with Gasteiger partial charge in [0.05, 0.1) is 18.9 Å². The molecule has 0 spiro atoms. The van der Waals surface area contributed by atoms with Gasteiger partial charge in [-0.25, -0.2) is 4.79 Å². The van der Waals surface area contributed by atoms with E-state index in [1.54, 1.807) is 20.8 Å². The zero-order valence-electron chi connectivity index (χ0n) is 25.0. The van der Waals surface area contributed by atoms with Crippen LogP contribution in [0.2, 0.25) is 0 Å². The van der Waals surface area contributed by atoms with Gasteiger partial charge in [-0.15, -0.1) is 20.2 Å². The van der Waals surface area contributed by atoms with Crippen LogP contribution in [0.25, 0.3) is 0 Å². The molecule has 0 aliphatic carbocycles. The molecule has 0 saturated carbocycles. The van der Waals surface area contributed by atoms with Crippen molar-refractivity contribution in [3.8, 4) is 0 Å². The van der Waals surface area contributed by atoms with Crippen molar-refractivity contribution in [2.45, 2.75) is 91.0 Å². The Morgan fingerprint density at radius 1 is 1.00 bits per heavy atom. The van der Waals surface area contributed by atoms with Crippen LogP contribution in [0.1, 0.15) is 77.2 Å². The molecule has 1 aromatic rings. The molecule has 19 nitrogen and oxygen atoms in total. The van der Waals surface area contributed by atoms with Crippen LogP contribution in [0.5, 0.6) is 0 Å². The molecule has 0 bridgehead atoms. The third-order valence-electron chi connectivity index (χ3n) is 5.48. The van der Waals surface area contributed by atoms with Gasteiger partial charge in [0.25, 0.3) is 10.2 Å². The summed E-state index contributed by atoms with van der Waals surface area (Å²) in [7, 11) is 0. The van der Waals surface area contributed by atoms with Crippen molar-refractivity contribution >= 4 is 23.7 Å². The fourth-order valence-corrected chi connectivity index (χ4v) is 3.56. The van der Waals surface area contributed by atoms with Gasteiger partial charge >= 0.3 is 23.7 Å². The standard InChI is InChI=1S/C25H38N4O15/c1-16-19(42-24(33)41-16)15-39-23(32)17(12-22(31)43-25(2,3)4)8-7-10-27-20(26)13-21(30)38-11-6-5-9-18(44-29(36)37)14-40-28(34)35/h17-18H,5-15H2,1-4H3,(H2,26,27). The summed E-state index contributed by atoms with van der Waals surface area (Å²) in [6, 6.07) is 0. The molecule has 2 atom stereocenters. The smallest absolute Gasteiger partial charge is 0.465 e. The highest BCUT2D eigenvalue weighted by Gasteiger charge is 2.27. The van der Waals surface area contributed by atoms with Crippen LogP contribution in [-0.2, 0) is 44.9 Å². The quantitative estimate of drug-likeness (QED) is 0.0385. The minimum absolute atomic E-state index is 0.0249. The number of hydrogen-bond donors (Lipinski definition) is 1. The van der Waals surface area contributed by atoms with E-state index in [1.807, 2.05) is 0 Å². The Bertz CT molecular complexity index is 1200. The molecule has 2 N–H and O–H groups in total. The van der Waals surface area contributed by atoms with E-state index in [1.165, 1.54) is 6.92 Å². The highest BCUT2D eigenvalue weighted by atomic mass is 17.0. The van der Waals surface area contributed by atoms with Gasteiger partial charge < -0.3 is 38.5 Å². The minimum atomic E-state index is -1.15. The van der Waals surface area contributed by atoms with Gasteiger partial charge in [0.15, 0.2) is 18.1 Å². The van der Waals surface area contributed by atoms with Crippen molar-refractivity contribution in [3.63, 3.8) is 0 Å². The van der Waals surface area contributed by atoms with E-state index >= 15 is 0 Å². The van der Waals surface area contributed by atoms with E-state index in [-0.39, 0.29) is 62.8 Å². The van der Waals surface area contributed by atoms with E-state index in [0.717, 1.165) is 0 Å². The molecule has 248 valence electrons. The average Bonchev–Trinajstić information content (AvgIpc) is 3.22. The van der Waals surface area contributed by atoms with E-state index < -0.39 is 58.1 Å². The minimum Gasteiger partial charge on any atom is -0.465 e. The molecular formula is C25H38N4O15. The normalized spacial score (nSPS) is 13.0. The van der Waals surface area contributed by atoms with Crippen LogP contribution >= 0.6 is 0 Å². The van der Waals surface area contributed by atoms with Gasteiger partial charge in [-0.05, 0) is 59.8 Å². The molecule has 0 fully saturated rings. The largest absolute Gasteiger partial charge is 0.519 e. The third kappa shape index (κ3) is 17.3. The van der Waals surface area contributed by atoms with E-state index in [4.69, 9.17) is 28.8 Å². The molecule has 0 aliphatic heterocycles. The van der Waals surface area contributed by atoms with Crippen LogP contribution in [0, 0.1) is 33.1 Å². The number of carbonyl (C=O) groups excluding carboxylic acids is 3. The Hall–Kier alpha value is -4.71. The molecule has 0 amide bonds. The first kappa shape index (κ1) is 37.3. The van der Waals surface area contributed by atoms with Crippen molar-refractivity contribution in [1.29, 1.82) is 0 Å². The van der Waals surface area contributed by atoms with Crippen LogP contribution in [-0.4, -0.2) is 65.4 Å². The highest BCUT2D eigenvalue weighted by Crippen LogP contribution is 2.19. The SMILES string of the molecule is Cc1oc(=O)oc1COC(=O)C(CCCN=C(N)CC(=O)OCCCCC(CO[N+](=O)[O-])O[N+](=O)[O-])CC(=O)OC(C)(C)C. The van der Waals surface area contributed by atoms with Crippen LogP contribution in [0.4, 0.5) is 0 Å². The summed E-state index contributed by atoms with van der Waals surface area (Å²) in [6.45, 7) is 5.63. The number of hydrogen-bond acceptors (Lipinski definition) is 16. The van der Waals surface area contributed by atoms with Crippen LogP contribution < -0.4 is 11.6 Å². The summed E-state index contributed by atoms with van der Waals surface area (Å²) in [5, 5.41) is 18.6. The number of nitrogens with two attached hydrogens (primary N) is 1. The highest BCUT2D eigenvalue weighted by molar-refractivity contribution is 5.96. The number of unbranched alkanes of at least 4 members (excludes halogenated alkanes) is 1. The third-order valence-corrected chi connectivity index (χ3v) is 5.48. The van der Waals surface area contributed by atoms with E-state index in [9.17, 15) is 39.4 Å². The Kier molecular flexibility index (Phi) is 15.9. The lowest BCUT2D eigenvalue weighted by atomic mass is 9.99. The van der Waals surface area contributed by atoms with Crippen molar-refractivity contribution in [2.24, 2.45) is 16.6 Å². The van der Waals surface area contributed by atoms with Gasteiger partial charge in [-0.2, -0.15) is 0 Å². The maximum atomic E-state index is 12.7. The maximum absolute atomic E-state index is 12.7. The first-order valence-corrected chi connectivity index (χ1v) is 13.6. The molecule has 19 heteroatoms. The van der Waals surface area contributed by atoms with Crippen molar-refractivity contribution in [3.05, 3.63) is 42.4 Å². The van der Waals surface area contributed by atoms with Gasteiger partial charge in [0.2, 0.25) is 0 Å². The topological polar surface area (TPSA) is 265 Å². The summed E-state index contributed by atoms with van der Waals surface area (Å²) in [5.74, 6) is -3.66. The summed E-state index contributed by atoms with van der Waals surface area (Å²) in [4.78, 5) is 81.5. The fourth-order valence-electron chi connectivity index (χ4n) is 3.56. The lowest BCUT2D eigenvalue weighted by Gasteiger charge is -2.21. The number of ether oxygens (including phenoxy) is 3. The first-order chi connectivity index (χ1) is 20.6. The molecule has 1 heterocycles. The number of nitrogens with zero attached hydrogens (tertiary/aromatic N) is 3. The maximum Gasteiger partial charge on any atom is 0.519 e. The lowest BCUT2D eigenvalue weighted by molar-refractivity contribution is -0.790. The van der Waals surface area contributed by atoms with Crippen LogP contribution in [0.3, 0.4) is 0 Å². The predicted molar refractivity (Wildman–Crippen MR) is 146 cm³/mol. The molecule has 0 aliphatic rings. The molecule has 1 aromatic heterocycles. The van der Waals surface area contributed by atoms with Crippen molar-refractivity contribution < 1.29 is 57.3 Å². The number of rotatable bonds is 21. The summed E-state index contributed by atoms with van der Waals surface area (Å²) < 4.78 is 25.1. The summed E-state index contributed by atoms with van der Waals surface area (Å²) in [5.41, 5.74) is 5.03. The lowest BCUT2D eigenvalue weighted by Crippen LogP contribution is -2.28. The molecule has 44 heavy (non-hydrogen) atoms. The summed E-state index contributed by atoms with van der Waals surface area (Å²) >= 11 is 0. The van der Waals surface area contributed by atoms with E-state index in [2.05, 4.69) is 14.7 Å². The van der Waals surface area contributed by atoms with Crippen molar-refractivity contribution in [2.75, 3.05) is 19.8 Å². The van der Waals surface area contributed by atoms with Gasteiger partial charge in [0, 0.05) is 6.54 Å². The van der Waals surface area contributed by atoms with Crippen molar-refractivity contribution in [1.82, 2.24) is 0 Å². The Balaban J connectivity index is 2.51. The average molecular weight is 635 g/mol. The van der Waals surface area contributed by atoms with Gasteiger partial charge in [-0.3, -0.25) is 19.4 Å². The zero-order valence-corrected chi connectivity index (χ0v) is 25.0. The molecule has 0 radical (unpaired) electrons. The zero-order chi connectivity index (χ0) is 33.3. The molecule has 1 rings (SSSR count). The number of esters is 3. The van der Waals surface area contributed by atoms with E-state index in [0.29, 0.717) is 19.3 Å². The molecule has 0 aromatic carbocycles. The second-order valence-electron chi connectivity index (χ2n) is 10.4. The van der Waals surface area contributed by atoms with Gasteiger partial charge in [-0.1, -0.05) is 0 Å². The first-order valence-electron chi connectivity index (χ1n) is 13.6. The number of carbonyl (C=O) groups is 3. The molecule has 2 unspecified atom stereocenters. The van der Waals surface area contributed by atoms with Gasteiger partial charge in [0.1, 0.15) is 30.6 Å². The fraction of sp³-hybridized carbons (Fsp3) is 0.720. The Labute approximate surface area is 251 Å². The summed E-state index contributed by atoms with van der Waals surface area (Å²) in [6.07, 6.45) is -0.632. The molecular weight excluding hydrogens is 596 g/mol. The number of aliphatic imine (C=N–C) groups is 1. The van der Waals surface area contributed by atoms with Crippen LogP contribution in [0.15, 0.2) is 18.6 Å².